The summed E-state index contributed by atoms with van der Waals surface area (Å²) in [6.45, 7) is 6.89. The van der Waals surface area contributed by atoms with Crippen LogP contribution in [0.3, 0.4) is 0 Å². The fourth-order valence-corrected chi connectivity index (χ4v) is 5.04. The molecule has 0 saturated carbocycles. The van der Waals surface area contributed by atoms with E-state index in [9.17, 15) is 4.79 Å². The lowest BCUT2D eigenvalue weighted by atomic mass is 9.81. The van der Waals surface area contributed by atoms with Crippen LogP contribution in [0.5, 0.6) is 0 Å². The van der Waals surface area contributed by atoms with Crippen molar-refractivity contribution in [2.24, 2.45) is 7.05 Å². The Morgan fingerprint density at radius 1 is 1.19 bits per heavy atom. The first kappa shape index (κ1) is 18.0. The Balaban J connectivity index is 1.37. The van der Waals surface area contributed by atoms with Gasteiger partial charge >= 0.3 is 0 Å². The topological polar surface area (TPSA) is 50.6 Å². The van der Waals surface area contributed by atoms with Gasteiger partial charge in [-0.2, -0.15) is 5.10 Å². The van der Waals surface area contributed by atoms with Gasteiger partial charge in [-0.1, -0.05) is 6.42 Å². The highest BCUT2D eigenvalue weighted by Gasteiger charge is 2.42. The molecule has 0 radical (unpaired) electrons. The van der Waals surface area contributed by atoms with Gasteiger partial charge < -0.3 is 14.5 Å². The van der Waals surface area contributed by atoms with Crippen molar-refractivity contribution >= 4 is 5.91 Å². The Labute approximate surface area is 156 Å². The van der Waals surface area contributed by atoms with Gasteiger partial charge in [-0.05, 0) is 64.6 Å². The normalized spacial score (nSPS) is 27.0. The van der Waals surface area contributed by atoms with Crippen LogP contribution in [0, 0.1) is 6.92 Å². The monoisotopic (exact) mass is 360 g/mol. The van der Waals surface area contributed by atoms with Crippen LogP contribution in [0.15, 0.2) is 6.07 Å². The number of aromatic nitrogens is 2. The molecule has 0 bridgehead atoms. The SMILES string of the molecule is Cc1cc(C(=O)N2CCC3(CC2)CC(N2CCCCC2)CCO3)n(C)n1. The van der Waals surface area contributed by atoms with Crippen LogP contribution in [0.4, 0.5) is 0 Å². The summed E-state index contributed by atoms with van der Waals surface area (Å²) in [6.07, 6.45) is 8.29. The van der Waals surface area contributed by atoms with Crippen molar-refractivity contribution in [2.45, 2.75) is 63.5 Å². The number of ether oxygens (including phenoxy) is 1. The molecule has 3 fully saturated rings. The lowest BCUT2D eigenvalue weighted by Gasteiger charge is -2.49. The molecule has 4 heterocycles. The summed E-state index contributed by atoms with van der Waals surface area (Å²) < 4.78 is 8.01. The predicted octanol–water partition coefficient (Wildman–Crippen LogP) is 2.37. The number of aryl methyl sites for hydroxylation is 2. The molecule has 6 nitrogen and oxygen atoms in total. The molecule has 1 atom stereocenters. The van der Waals surface area contributed by atoms with Gasteiger partial charge in [0.25, 0.3) is 5.91 Å². The number of carbonyl (C=O) groups excluding carboxylic acids is 1. The van der Waals surface area contributed by atoms with E-state index in [-0.39, 0.29) is 11.5 Å². The minimum atomic E-state index is -0.0144. The third kappa shape index (κ3) is 3.54. The van der Waals surface area contributed by atoms with Crippen LogP contribution < -0.4 is 0 Å². The molecule has 1 spiro atoms. The maximum Gasteiger partial charge on any atom is 0.272 e. The summed E-state index contributed by atoms with van der Waals surface area (Å²) >= 11 is 0. The van der Waals surface area contributed by atoms with Crippen LogP contribution in [0.1, 0.15) is 61.1 Å². The Kier molecular flexibility index (Phi) is 5.06. The quantitative estimate of drug-likeness (QED) is 0.812. The van der Waals surface area contributed by atoms with E-state index in [0.717, 1.165) is 44.7 Å². The lowest BCUT2D eigenvalue weighted by molar-refractivity contribution is -0.131. The molecular weight excluding hydrogens is 328 g/mol. The molecular formula is C20H32N4O2. The summed E-state index contributed by atoms with van der Waals surface area (Å²) in [7, 11) is 1.85. The van der Waals surface area contributed by atoms with Crippen LogP contribution >= 0.6 is 0 Å². The molecule has 0 aromatic carbocycles. The Morgan fingerprint density at radius 2 is 1.92 bits per heavy atom. The summed E-state index contributed by atoms with van der Waals surface area (Å²) in [5.41, 5.74) is 1.57. The van der Waals surface area contributed by atoms with Gasteiger partial charge in [0.15, 0.2) is 0 Å². The summed E-state index contributed by atoms with van der Waals surface area (Å²) in [5, 5.41) is 4.31. The van der Waals surface area contributed by atoms with Crippen molar-refractivity contribution in [3.05, 3.63) is 17.5 Å². The van der Waals surface area contributed by atoms with Crippen LogP contribution in [0.25, 0.3) is 0 Å². The molecule has 1 aromatic heterocycles. The van der Waals surface area contributed by atoms with E-state index in [4.69, 9.17) is 4.74 Å². The van der Waals surface area contributed by atoms with E-state index in [1.54, 1.807) is 4.68 Å². The number of hydrogen-bond donors (Lipinski definition) is 0. The van der Waals surface area contributed by atoms with Crippen molar-refractivity contribution in [1.29, 1.82) is 0 Å². The molecule has 0 N–H and O–H groups in total. The third-order valence-electron chi connectivity index (χ3n) is 6.56. The van der Waals surface area contributed by atoms with Gasteiger partial charge in [0.05, 0.1) is 11.3 Å². The minimum Gasteiger partial charge on any atom is -0.375 e. The Bertz CT molecular complexity index is 642. The summed E-state index contributed by atoms with van der Waals surface area (Å²) in [5.74, 6) is 0.103. The molecule has 3 aliphatic heterocycles. The van der Waals surface area contributed by atoms with E-state index in [1.807, 2.05) is 24.9 Å². The van der Waals surface area contributed by atoms with E-state index < -0.39 is 0 Å². The van der Waals surface area contributed by atoms with Crippen LogP contribution in [-0.4, -0.2) is 69.9 Å². The van der Waals surface area contributed by atoms with Crippen molar-refractivity contribution in [3.63, 3.8) is 0 Å². The molecule has 0 aliphatic carbocycles. The largest absolute Gasteiger partial charge is 0.375 e. The molecule has 1 aromatic rings. The van der Waals surface area contributed by atoms with Gasteiger partial charge in [0.1, 0.15) is 5.69 Å². The van der Waals surface area contributed by atoms with E-state index in [2.05, 4.69) is 10.00 Å². The highest BCUT2D eigenvalue weighted by Crippen LogP contribution is 2.37. The number of rotatable bonds is 2. The highest BCUT2D eigenvalue weighted by molar-refractivity contribution is 5.92. The van der Waals surface area contributed by atoms with Gasteiger partial charge in [0.2, 0.25) is 0 Å². The van der Waals surface area contributed by atoms with E-state index >= 15 is 0 Å². The maximum absolute atomic E-state index is 12.8. The lowest BCUT2D eigenvalue weighted by Crippen LogP contribution is -2.55. The highest BCUT2D eigenvalue weighted by atomic mass is 16.5. The fourth-order valence-electron chi connectivity index (χ4n) is 5.04. The number of likely N-dealkylation sites (tertiary alicyclic amines) is 2. The first-order valence-corrected chi connectivity index (χ1v) is 10.2. The van der Waals surface area contributed by atoms with Gasteiger partial charge in [-0.15, -0.1) is 0 Å². The molecule has 6 heteroatoms. The second-order valence-electron chi connectivity index (χ2n) is 8.36. The zero-order valence-electron chi connectivity index (χ0n) is 16.2. The number of piperidine rings is 2. The molecule has 3 aliphatic rings. The molecule has 144 valence electrons. The predicted molar refractivity (Wildman–Crippen MR) is 100 cm³/mol. The third-order valence-corrected chi connectivity index (χ3v) is 6.56. The zero-order chi connectivity index (χ0) is 18.1. The molecule has 4 rings (SSSR count). The van der Waals surface area contributed by atoms with Crippen molar-refractivity contribution < 1.29 is 9.53 Å². The number of carbonyl (C=O) groups is 1. The van der Waals surface area contributed by atoms with Crippen LogP contribution in [-0.2, 0) is 11.8 Å². The molecule has 1 amide bonds. The van der Waals surface area contributed by atoms with Crippen molar-refractivity contribution in [2.75, 3.05) is 32.8 Å². The molecule has 26 heavy (non-hydrogen) atoms. The molecule has 3 saturated heterocycles. The number of amides is 1. The summed E-state index contributed by atoms with van der Waals surface area (Å²) in [4.78, 5) is 17.5. The van der Waals surface area contributed by atoms with Gasteiger partial charge in [-0.3, -0.25) is 9.48 Å². The minimum absolute atomic E-state index is 0.0144. The average molecular weight is 361 g/mol. The smallest absolute Gasteiger partial charge is 0.272 e. The number of nitrogens with zero attached hydrogens (tertiary/aromatic N) is 4. The Morgan fingerprint density at radius 3 is 2.58 bits per heavy atom. The van der Waals surface area contributed by atoms with E-state index in [0.29, 0.717) is 11.7 Å². The first-order valence-electron chi connectivity index (χ1n) is 10.2. The van der Waals surface area contributed by atoms with Crippen molar-refractivity contribution in [3.8, 4) is 0 Å². The first-order chi connectivity index (χ1) is 12.6. The van der Waals surface area contributed by atoms with E-state index in [1.165, 1.54) is 38.8 Å². The van der Waals surface area contributed by atoms with Crippen molar-refractivity contribution in [1.82, 2.24) is 19.6 Å². The number of hydrogen-bond acceptors (Lipinski definition) is 4. The molecule has 1 unspecified atom stereocenters. The van der Waals surface area contributed by atoms with Gasteiger partial charge in [0, 0.05) is 32.8 Å². The second kappa shape index (κ2) is 7.31. The second-order valence-corrected chi connectivity index (χ2v) is 8.36. The van der Waals surface area contributed by atoms with Crippen LogP contribution in [0.2, 0.25) is 0 Å². The summed E-state index contributed by atoms with van der Waals surface area (Å²) in [6, 6.07) is 2.56. The Hall–Kier alpha value is -1.40. The van der Waals surface area contributed by atoms with Gasteiger partial charge in [-0.25, -0.2) is 0 Å². The zero-order valence-corrected chi connectivity index (χ0v) is 16.2. The fraction of sp³-hybridized carbons (Fsp3) is 0.800. The average Bonchev–Trinajstić information content (AvgIpc) is 3.01. The standard InChI is InChI=1S/C20H32N4O2/c1-16-14-18(22(2)21-16)19(25)24-11-7-20(8-12-24)15-17(6-13-26-20)23-9-4-3-5-10-23/h14,17H,3-13,15H2,1-2H3. The maximum atomic E-state index is 12.8.